The average molecular weight is 428 g/mol. The number of benzene rings is 4. The first-order valence-electron chi connectivity index (χ1n) is 9.02. The van der Waals surface area contributed by atoms with Crippen molar-refractivity contribution < 1.29 is 4.79 Å². The Hall–Kier alpha value is -3.11. The summed E-state index contributed by atoms with van der Waals surface area (Å²) in [6.45, 7) is 0.672. The van der Waals surface area contributed by atoms with Gasteiger partial charge in [-0.05, 0) is 56.5 Å². The minimum Gasteiger partial charge on any atom is -0.366 e. The molecule has 0 bridgehead atoms. The summed E-state index contributed by atoms with van der Waals surface area (Å²) in [5.74, 6) is -0.422. The lowest BCUT2D eigenvalue weighted by atomic mass is 10.1. The number of hydrogen-bond acceptors (Lipinski definition) is 1. The molecular formula is C24H16BrN2O. The smallest absolute Gasteiger partial charge is 0.249 e. The molecule has 0 spiro atoms. The van der Waals surface area contributed by atoms with E-state index in [-0.39, 0.29) is 0 Å². The molecule has 5 aromatic rings. The van der Waals surface area contributed by atoms with Crippen molar-refractivity contribution in [2.45, 2.75) is 6.54 Å². The summed E-state index contributed by atoms with van der Waals surface area (Å²) in [6.07, 6.45) is 0. The zero-order valence-corrected chi connectivity index (χ0v) is 16.5. The van der Waals surface area contributed by atoms with Gasteiger partial charge in [0.15, 0.2) is 0 Å². The van der Waals surface area contributed by atoms with Crippen molar-refractivity contribution in [1.82, 2.24) is 4.57 Å². The van der Waals surface area contributed by atoms with E-state index in [1.54, 1.807) is 6.07 Å². The number of nitrogens with zero attached hydrogens (tertiary/aromatic N) is 1. The zero-order chi connectivity index (χ0) is 19.3. The van der Waals surface area contributed by atoms with Crippen LogP contribution in [0.5, 0.6) is 0 Å². The van der Waals surface area contributed by atoms with Gasteiger partial charge in [0.2, 0.25) is 5.91 Å². The lowest BCUT2D eigenvalue weighted by molar-refractivity contribution is 0.100. The highest BCUT2D eigenvalue weighted by molar-refractivity contribution is 9.10. The van der Waals surface area contributed by atoms with Gasteiger partial charge in [-0.1, -0.05) is 54.6 Å². The number of nitrogens with two attached hydrogens (primary N) is 1. The predicted molar refractivity (Wildman–Crippen MR) is 118 cm³/mol. The van der Waals surface area contributed by atoms with E-state index < -0.39 is 5.91 Å². The number of halogens is 1. The Balaban J connectivity index is 1.79. The third-order valence-corrected chi connectivity index (χ3v) is 6.18. The number of carbonyl (C=O) groups excluding carboxylic acids is 1. The molecule has 5 rings (SSSR count). The Morgan fingerprint density at radius 3 is 2.64 bits per heavy atom. The molecule has 4 heteroatoms. The zero-order valence-electron chi connectivity index (χ0n) is 14.9. The summed E-state index contributed by atoms with van der Waals surface area (Å²) in [5.41, 5.74) is 9.36. The first kappa shape index (κ1) is 17.0. The quantitative estimate of drug-likeness (QED) is 0.396. The van der Waals surface area contributed by atoms with Gasteiger partial charge in [-0.3, -0.25) is 4.79 Å². The van der Waals surface area contributed by atoms with Gasteiger partial charge in [0.1, 0.15) is 0 Å². The fourth-order valence-electron chi connectivity index (χ4n) is 3.96. The fourth-order valence-corrected chi connectivity index (χ4v) is 4.58. The molecule has 4 aromatic carbocycles. The molecule has 0 atom stereocenters. The molecular weight excluding hydrogens is 412 g/mol. The SMILES string of the molecule is NC(=O)c1cccc2c1c1[c]cccc1n2Cc1ccc2ccccc2c1Br. The molecule has 0 saturated carbocycles. The van der Waals surface area contributed by atoms with Crippen molar-refractivity contribution in [3.8, 4) is 0 Å². The van der Waals surface area contributed by atoms with Crippen molar-refractivity contribution in [3.63, 3.8) is 0 Å². The van der Waals surface area contributed by atoms with Crippen molar-refractivity contribution in [2.24, 2.45) is 5.73 Å². The van der Waals surface area contributed by atoms with Crippen LogP contribution in [0.1, 0.15) is 15.9 Å². The van der Waals surface area contributed by atoms with Crippen molar-refractivity contribution >= 4 is 54.4 Å². The summed E-state index contributed by atoms with van der Waals surface area (Å²) in [6, 6.07) is 27.5. The van der Waals surface area contributed by atoms with Crippen molar-refractivity contribution in [3.05, 3.63) is 94.5 Å². The van der Waals surface area contributed by atoms with Gasteiger partial charge < -0.3 is 10.3 Å². The minimum atomic E-state index is -0.422. The largest absolute Gasteiger partial charge is 0.366 e. The molecule has 1 radical (unpaired) electrons. The average Bonchev–Trinajstić information content (AvgIpc) is 3.04. The van der Waals surface area contributed by atoms with E-state index >= 15 is 0 Å². The van der Waals surface area contributed by atoms with Gasteiger partial charge in [0.05, 0.1) is 11.0 Å². The summed E-state index contributed by atoms with van der Waals surface area (Å²) < 4.78 is 3.31. The Kier molecular flexibility index (Phi) is 3.95. The third kappa shape index (κ3) is 2.53. The molecule has 0 aliphatic carbocycles. The number of rotatable bonds is 3. The van der Waals surface area contributed by atoms with E-state index in [0.29, 0.717) is 12.1 Å². The van der Waals surface area contributed by atoms with Gasteiger partial charge >= 0.3 is 0 Å². The summed E-state index contributed by atoms with van der Waals surface area (Å²) >= 11 is 3.80. The Bertz CT molecular complexity index is 1380. The normalized spacial score (nSPS) is 11.5. The summed E-state index contributed by atoms with van der Waals surface area (Å²) in [5, 5.41) is 4.17. The number of aromatic nitrogens is 1. The highest BCUT2D eigenvalue weighted by Crippen LogP contribution is 2.34. The molecule has 1 aromatic heterocycles. The lowest BCUT2D eigenvalue weighted by Gasteiger charge is -2.12. The van der Waals surface area contributed by atoms with Crippen LogP contribution in [0.3, 0.4) is 0 Å². The first-order chi connectivity index (χ1) is 13.6. The van der Waals surface area contributed by atoms with Gasteiger partial charge in [0, 0.05) is 27.4 Å². The van der Waals surface area contributed by atoms with Crippen LogP contribution >= 0.6 is 15.9 Å². The molecule has 0 aliphatic rings. The number of primary amides is 1. The molecule has 135 valence electrons. The van der Waals surface area contributed by atoms with Crippen LogP contribution in [0.4, 0.5) is 0 Å². The second kappa shape index (κ2) is 6.50. The Morgan fingerprint density at radius 1 is 0.964 bits per heavy atom. The van der Waals surface area contributed by atoms with Gasteiger partial charge in [0.25, 0.3) is 0 Å². The van der Waals surface area contributed by atoms with E-state index in [4.69, 9.17) is 5.73 Å². The molecule has 1 amide bonds. The van der Waals surface area contributed by atoms with Crippen molar-refractivity contribution in [2.75, 3.05) is 0 Å². The van der Waals surface area contributed by atoms with Crippen LogP contribution < -0.4 is 5.73 Å². The Morgan fingerprint density at radius 2 is 1.79 bits per heavy atom. The van der Waals surface area contributed by atoms with Crippen LogP contribution in [0.2, 0.25) is 0 Å². The number of hydrogen-bond donors (Lipinski definition) is 1. The highest BCUT2D eigenvalue weighted by Gasteiger charge is 2.17. The molecule has 3 nitrogen and oxygen atoms in total. The van der Waals surface area contributed by atoms with Gasteiger partial charge in [-0.25, -0.2) is 0 Å². The van der Waals surface area contributed by atoms with Crippen LogP contribution in [0.15, 0.2) is 77.3 Å². The maximum absolute atomic E-state index is 12.0. The maximum Gasteiger partial charge on any atom is 0.249 e. The van der Waals surface area contributed by atoms with E-state index in [2.05, 4.69) is 56.9 Å². The van der Waals surface area contributed by atoms with Gasteiger partial charge in [-0.15, -0.1) is 0 Å². The molecule has 0 fully saturated rings. The highest BCUT2D eigenvalue weighted by atomic mass is 79.9. The van der Waals surface area contributed by atoms with E-state index in [9.17, 15) is 4.79 Å². The van der Waals surface area contributed by atoms with Crippen LogP contribution in [-0.2, 0) is 6.54 Å². The molecule has 2 N–H and O–H groups in total. The molecule has 0 unspecified atom stereocenters. The van der Waals surface area contributed by atoms with Gasteiger partial charge in [-0.2, -0.15) is 0 Å². The lowest BCUT2D eigenvalue weighted by Crippen LogP contribution is -2.11. The standard InChI is InChI=1S/C24H16BrN2O/c25-23-16(13-12-15-6-1-2-7-17(15)23)14-27-20-10-4-3-8-18(20)22-19(24(26)28)9-5-11-21(22)27/h1-7,9-13H,14H2,(H2,26,28). The maximum atomic E-state index is 12.0. The monoisotopic (exact) mass is 427 g/mol. The van der Waals surface area contributed by atoms with E-state index in [1.165, 1.54) is 16.3 Å². The van der Waals surface area contributed by atoms with Crippen LogP contribution in [-0.4, -0.2) is 10.5 Å². The number of fused-ring (bicyclic) bond motifs is 4. The predicted octanol–water partition coefficient (Wildman–Crippen LogP) is 5.66. The minimum absolute atomic E-state index is 0.422. The number of carbonyl (C=O) groups is 1. The second-order valence-electron chi connectivity index (χ2n) is 6.84. The second-order valence-corrected chi connectivity index (χ2v) is 7.63. The molecule has 0 aliphatic heterocycles. The fraction of sp³-hybridized carbons (Fsp3) is 0.0417. The number of amides is 1. The van der Waals surface area contributed by atoms with E-state index in [0.717, 1.165) is 26.3 Å². The topological polar surface area (TPSA) is 48.0 Å². The van der Waals surface area contributed by atoms with Crippen LogP contribution in [0.25, 0.3) is 32.6 Å². The first-order valence-corrected chi connectivity index (χ1v) is 9.82. The molecule has 1 heterocycles. The summed E-state index contributed by atoms with van der Waals surface area (Å²) in [4.78, 5) is 12.0. The molecule has 0 saturated heterocycles. The van der Waals surface area contributed by atoms with Crippen molar-refractivity contribution in [1.29, 1.82) is 0 Å². The van der Waals surface area contributed by atoms with E-state index in [1.807, 2.05) is 36.4 Å². The van der Waals surface area contributed by atoms with Crippen LogP contribution in [0, 0.1) is 6.07 Å². The Labute approximate surface area is 170 Å². The summed E-state index contributed by atoms with van der Waals surface area (Å²) in [7, 11) is 0. The third-order valence-electron chi connectivity index (χ3n) is 5.25. The molecule has 28 heavy (non-hydrogen) atoms.